The molecule has 1 heterocycles. The molecule has 0 spiro atoms. The van der Waals surface area contributed by atoms with Gasteiger partial charge in [-0.1, -0.05) is 48.5 Å². The minimum Gasteiger partial charge on any atom is -0.303 e. The molecule has 0 radical (unpaired) electrons. The average molecular weight is 277 g/mol. The second-order valence-corrected chi connectivity index (χ2v) is 5.51. The van der Waals surface area contributed by atoms with Crippen molar-refractivity contribution in [2.75, 3.05) is 5.01 Å². The number of para-hydroxylation sites is 1. The lowest BCUT2D eigenvalue weighted by Gasteiger charge is -2.21. The predicted octanol–water partition coefficient (Wildman–Crippen LogP) is 3.92. The molecule has 5 nitrogen and oxygen atoms in total. The molecule has 102 valence electrons. The highest BCUT2D eigenvalue weighted by atomic mass is 32.1. The molecule has 1 unspecified atom stereocenters. The van der Waals surface area contributed by atoms with E-state index in [1.54, 1.807) is 11.3 Å². The van der Waals surface area contributed by atoms with Gasteiger partial charge in [-0.05, 0) is 30.7 Å². The van der Waals surface area contributed by atoms with E-state index >= 15 is 0 Å². The van der Waals surface area contributed by atoms with E-state index in [1.807, 2.05) is 23.2 Å². The largest absolute Gasteiger partial charge is 0.303 e. The quantitative estimate of drug-likeness (QED) is 0.494. The van der Waals surface area contributed by atoms with Crippen LogP contribution in [-0.4, -0.2) is 11.0 Å². The molecule has 2 N–H and O–H groups in total. The van der Waals surface area contributed by atoms with Crippen LogP contribution in [0.2, 0.25) is 0 Å². The summed E-state index contributed by atoms with van der Waals surface area (Å²) in [5.74, 6) is 5.22. The van der Waals surface area contributed by atoms with Crippen molar-refractivity contribution in [3.63, 3.8) is 0 Å². The molecular weight excluding hydrogens is 258 g/mol. The van der Waals surface area contributed by atoms with E-state index in [2.05, 4.69) is 35.3 Å². The molecule has 1 aromatic heterocycles. The van der Waals surface area contributed by atoms with E-state index in [9.17, 15) is 0 Å². The van der Waals surface area contributed by atoms with Gasteiger partial charge in [-0.3, -0.25) is 0 Å². The van der Waals surface area contributed by atoms with Gasteiger partial charge in [0.15, 0.2) is 0 Å². The first-order valence-corrected chi connectivity index (χ1v) is 7.33. The van der Waals surface area contributed by atoms with Gasteiger partial charge >= 0.3 is 0 Å². The van der Waals surface area contributed by atoms with Crippen LogP contribution in [-0.2, 0) is 0 Å². The molecule has 2 rings (SSSR count). The number of unbranched alkanes of at least 4 members (excludes halogenated alkanes) is 1. The lowest BCUT2D eigenvalue weighted by atomic mass is 10.1. The molecule has 1 atom stereocenters. The van der Waals surface area contributed by atoms with Gasteiger partial charge in [-0.2, -0.15) is 0 Å². The first-order valence-electron chi connectivity index (χ1n) is 6.52. The Hall–Kier alpha value is -1.69. The Labute approximate surface area is 117 Å². The van der Waals surface area contributed by atoms with Crippen molar-refractivity contribution in [1.29, 1.82) is 0 Å². The Kier molecular flexibility index (Phi) is 4.68. The number of hydrogen-bond donors (Lipinski definition) is 1. The van der Waals surface area contributed by atoms with Crippen LogP contribution in [0.5, 0.6) is 0 Å². The van der Waals surface area contributed by atoms with Crippen molar-refractivity contribution in [3.05, 3.63) is 24.3 Å². The predicted molar refractivity (Wildman–Crippen MR) is 80.1 cm³/mol. The molecule has 0 saturated carbocycles. The van der Waals surface area contributed by atoms with Crippen molar-refractivity contribution in [3.8, 4) is 0 Å². The van der Waals surface area contributed by atoms with Crippen LogP contribution in [0.25, 0.3) is 10.2 Å². The summed E-state index contributed by atoms with van der Waals surface area (Å²) in [6, 6.07) is 8.31. The second-order valence-electron chi connectivity index (χ2n) is 4.50. The number of anilines is 1. The van der Waals surface area contributed by atoms with Gasteiger partial charge in [-0.15, -0.1) is 0 Å². The Balaban J connectivity index is 2.27. The normalized spacial score (nSPS) is 13.2. The zero-order valence-corrected chi connectivity index (χ0v) is 12.1. The third-order valence-corrected chi connectivity index (χ3v) is 4.05. The van der Waals surface area contributed by atoms with Gasteiger partial charge in [0, 0.05) is 0 Å². The lowest BCUT2D eigenvalue weighted by molar-refractivity contribution is 0.554. The fourth-order valence-electron chi connectivity index (χ4n) is 1.95. The van der Waals surface area contributed by atoms with E-state index in [-0.39, 0.29) is 6.04 Å². The molecule has 19 heavy (non-hydrogen) atoms. The molecule has 1 aromatic carbocycles. The Bertz CT molecular complexity index is 518. The first kappa shape index (κ1) is 13.7. The van der Waals surface area contributed by atoms with E-state index in [0.29, 0.717) is 0 Å². The van der Waals surface area contributed by atoms with Gasteiger partial charge in [0.25, 0.3) is 0 Å². The number of benzene rings is 1. The minimum atomic E-state index is 0.243. The highest BCUT2D eigenvalue weighted by Crippen LogP contribution is 2.30. The van der Waals surface area contributed by atoms with Crippen LogP contribution in [0, 0.1) is 0 Å². The third kappa shape index (κ3) is 3.20. The maximum atomic E-state index is 5.22. The fraction of sp³-hybridized carbons (Fsp3) is 0.462. The first-order chi connectivity index (χ1) is 9.26. The number of fused-ring (bicyclic) bond motifs is 1. The zero-order chi connectivity index (χ0) is 13.7. The molecule has 0 aliphatic rings. The number of thiazole rings is 1. The molecular formula is C13H19N5S. The third-order valence-electron chi connectivity index (χ3n) is 3.02. The summed E-state index contributed by atoms with van der Waals surface area (Å²) < 4.78 is 1.15. The van der Waals surface area contributed by atoms with Crippen LogP contribution in [0.3, 0.4) is 0 Å². The zero-order valence-electron chi connectivity index (χ0n) is 11.3. The maximum absolute atomic E-state index is 5.22. The van der Waals surface area contributed by atoms with E-state index in [4.69, 9.17) is 5.84 Å². The van der Waals surface area contributed by atoms with Gasteiger partial charge < -0.3 is 5.84 Å². The maximum Gasteiger partial charge on any atom is 0.208 e. The summed E-state index contributed by atoms with van der Waals surface area (Å²) in [5.41, 5.74) is 0.988. The van der Waals surface area contributed by atoms with E-state index in [1.165, 1.54) is 0 Å². The summed E-state index contributed by atoms with van der Waals surface area (Å²) >= 11 is 1.61. The number of nitrogens with zero attached hydrogens (tertiary/aromatic N) is 4. The van der Waals surface area contributed by atoms with E-state index in [0.717, 1.165) is 34.6 Å². The molecule has 0 saturated heterocycles. The summed E-state index contributed by atoms with van der Waals surface area (Å²) in [7, 11) is 0. The number of nitrogens with two attached hydrogens (primary N) is 1. The monoisotopic (exact) mass is 277 g/mol. The average Bonchev–Trinajstić information content (AvgIpc) is 2.85. The SMILES string of the molecule is CCCCC(C)N(N=NN)c1nc2ccccc2s1. The van der Waals surface area contributed by atoms with Crippen LogP contribution in [0.4, 0.5) is 5.13 Å². The van der Waals surface area contributed by atoms with Crippen molar-refractivity contribution in [2.24, 2.45) is 16.3 Å². The molecule has 0 amide bonds. The summed E-state index contributed by atoms with van der Waals surface area (Å²) in [6.45, 7) is 4.30. The topological polar surface area (TPSA) is 66.9 Å². The smallest absolute Gasteiger partial charge is 0.208 e. The number of rotatable bonds is 6. The van der Waals surface area contributed by atoms with E-state index < -0.39 is 0 Å². The van der Waals surface area contributed by atoms with Crippen molar-refractivity contribution >= 4 is 26.7 Å². The molecule has 6 heteroatoms. The van der Waals surface area contributed by atoms with Gasteiger partial charge in [0.2, 0.25) is 5.13 Å². The summed E-state index contributed by atoms with van der Waals surface area (Å²) in [5, 5.41) is 10.1. The van der Waals surface area contributed by atoms with Crippen LogP contribution < -0.4 is 10.9 Å². The molecule has 0 bridgehead atoms. The fourth-order valence-corrected chi connectivity index (χ4v) is 2.97. The summed E-state index contributed by atoms with van der Waals surface area (Å²) in [6.07, 6.45) is 3.37. The second kappa shape index (κ2) is 6.47. The van der Waals surface area contributed by atoms with Crippen molar-refractivity contribution in [1.82, 2.24) is 4.98 Å². The van der Waals surface area contributed by atoms with Gasteiger partial charge in [0.1, 0.15) is 0 Å². The summed E-state index contributed by atoms with van der Waals surface area (Å²) in [4.78, 5) is 4.60. The Morgan fingerprint density at radius 1 is 1.42 bits per heavy atom. The van der Waals surface area contributed by atoms with Crippen LogP contribution in [0.15, 0.2) is 34.7 Å². The molecule has 0 aliphatic carbocycles. The Morgan fingerprint density at radius 3 is 2.89 bits per heavy atom. The molecule has 2 aromatic rings. The van der Waals surface area contributed by atoms with Crippen molar-refractivity contribution in [2.45, 2.75) is 39.2 Å². The van der Waals surface area contributed by atoms with Crippen molar-refractivity contribution < 1.29 is 0 Å². The number of aromatic nitrogens is 1. The highest BCUT2D eigenvalue weighted by Gasteiger charge is 2.18. The highest BCUT2D eigenvalue weighted by molar-refractivity contribution is 7.22. The van der Waals surface area contributed by atoms with Gasteiger partial charge in [-0.25, -0.2) is 9.99 Å². The Morgan fingerprint density at radius 2 is 2.21 bits per heavy atom. The lowest BCUT2D eigenvalue weighted by Crippen LogP contribution is -2.27. The molecule has 0 aliphatic heterocycles. The number of hydrogen-bond acceptors (Lipinski definition) is 4. The standard InChI is InChI=1S/C13H19N5S/c1-3-4-7-10(2)18(17-16-14)13-15-11-8-5-6-9-12(11)19-13/h5-6,8-10H,3-4,7H2,1-2H3,(H2,14,17). The minimum absolute atomic E-state index is 0.243. The molecule has 0 fully saturated rings. The van der Waals surface area contributed by atoms with Gasteiger partial charge in [0.05, 0.1) is 16.3 Å². The van der Waals surface area contributed by atoms with Crippen LogP contribution >= 0.6 is 11.3 Å². The van der Waals surface area contributed by atoms with Crippen LogP contribution in [0.1, 0.15) is 33.1 Å².